The normalized spacial score (nSPS) is 29.4. The lowest BCUT2D eigenvalue weighted by Gasteiger charge is -2.34. The van der Waals surface area contributed by atoms with Crippen LogP contribution in [0.4, 0.5) is 0 Å². The number of carboxylic acid groups (broad SMARTS) is 1. The van der Waals surface area contributed by atoms with Crippen LogP contribution in [-0.4, -0.2) is 59.6 Å². The second-order valence-electron chi connectivity index (χ2n) is 5.54. The van der Waals surface area contributed by atoms with Crippen molar-refractivity contribution in [3.63, 3.8) is 0 Å². The summed E-state index contributed by atoms with van der Waals surface area (Å²) in [7, 11) is 2.10. The molecule has 1 aliphatic heterocycles. The molecular weight excluding hydrogens is 216 g/mol. The Labute approximate surface area is 104 Å². The summed E-state index contributed by atoms with van der Waals surface area (Å²) in [6.07, 6.45) is 6.62. The van der Waals surface area contributed by atoms with E-state index in [4.69, 9.17) is 5.11 Å². The van der Waals surface area contributed by atoms with Crippen LogP contribution in [0.25, 0.3) is 0 Å². The minimum absolute atomic E-state index is 0.211. The second kappa shape index (κ2) is 5.83. The predicted molar refractivity (Wildman–Crippen MR) is 67.1 cm³/mol. The summed E-state index contributed by atoms with van der Waals surface area (Å²) >= 11 is 0. The zero-order valence-corrected chi connectivity index (χ0v) is 10.8. The average molecular weight is 240 g/mol. The molecule has 17 heavy (non-hydrogen) atoms. The molecule has 4 nitrogen and oxygen atoms in total. The Balaban J connectivity index is 2.04. The number of likely N-dealkylation sites (N-methyl/N-ethyl adjacent to an activating group) is 1. The fourth-order valence-electron chi connectivity index (χ4n) is 3.36. The van der Waals surface area contributed by atoms with E-state index in [0.29, 0.717) is 12.5 Å². The fraction of sp³-hybridized carbons (Fsp3) is 0.923. The minimum Gasteiger partial charge on any atom is -0.481 e. The SMILES string of the molecule is CN1CCCN(C2CCCC2)C(CC(=O)O)C1. The Bertz CT molecular complexity index is 264. The molecule has 98 valence electrons. The molecule has 1 N–H and O–H groups in total. The van der Waals surface area contributed by atoms with E-state index >= 15 is 0 Å². The van der Waals surface area contributed by atoms with Gasteiger partial charge in [-0.1, -0.05) is 12.8 Å². The van der Waals surface area contributed by atoms with Crippen LogP contribution in [0.5, 0.6) is 0 Å². The molecule has 2 fully saturated rings. The van der Waals surface area contributed by atoms with Gasteiger partial charge in [0.25, 0.3) is 0 Å². The van der Waals surface area contributed by atoms with Gasteiger partial charge in [-0.15, -0.1) is 0 Å². The number of carboxylic acids is 1. The number of nitrogens with zero attached hydrogens (tertiary/aromatic N) is 2. The first-order valence-corrected chi connectivity index (χ1v) is 6.83. The molecule has 0 bridgehead atoms. The van der Waals surface area contributed by atoms with Crippen LogP contribution in [-0.2, 0) is 4.79 Å². The zero-order chi connectivity index (χ0) is 12.3. The molecule has 1 aliphatic carbocycles. The van der Waals surface area contributed by atoms with Crippen molar-refractivity contribution in [2.75, 3.05) is 26.7 Å². The van der Waals surface area contributed by atoms with Gasteiger partial charge in [0.05, 0.1) is 6.42 Å². The van der Waals surface area contributed by atoms with E-state index in [9.17, 15) is 4.79 Å². The van der Waals surface area contributed by atoms with Crippen molar-refractivity contribution >= 4 is 5.97 Å². The van der Waals surface area contributed by atoms with Gasteiger partial charge in [-0.3, -0.25) is 9.69 Å². The van der Waals surface area contributed by atoms with Crippen LogP contribution < -0.4 is 0 Å². The number of hydrogen-bond donors (Lipinski definition) is 1. The quantitative estimate of drug-likeness (QED) is 0.810. The van der Waals surface area contributed by atoms with Gasteiger partial charge in [-0.25, -0.2) is 0 Å². The lowest BCUT2D eigenvalue weighted by atomic mass is 10.1. The Morgan fingerprint density at radius 2 is 1.94 bits per heavy atom. The standard InChI is InChI=1S/C13H24N2O2/c1-14-7-4-8-15(11-5-2-3-6-11)12(10-14)9-13(16)17/h11-12H,2-10H2,1H3,(H,16,17). The molecule has 0 spiro atoms. The van der Waals surface area contributed by atoms with E-state index in [1.54, 1.807) is 0 Å². The largest absolute Gasteiger partial charge is 0.481 e. The van der Waals surface area contributed by atoms with Crippen molar-refractivity contribution < 1.29 is 9.90 Å². The molecule has 1 unspecified atom stereocenters. The van der Waals surface area contributed by atoms with Gasteiger partial charge >= 0.3 is 5.97 Å². The molecule has 2 rings (SSSR count). The fourth-order valence-corrected chi connectivity index (χ4v) is 3.36. The van der Waals surface area contributed by atoms with Crippen LogP contribution in [0, 0.1) is 0 Å². The molecule has 0 aromatic rings. The Morgan fingerprint density at radius 3 is 2.59 bits per heavy atom. The molecule has 4 heteroatoms. The third kappa shape index (κ3) is 3.42. The van der Waals surface area contributed by atoms with Gasteiger partial charge in [0.1, 0.15) is 0 Å². The summed E-state index contributed by atoms with van der Waals surface area (Å²) in [6.45, 7) is 3.08. The molecule has 0 radical (unpaired) electrons. The van der Waals surface area contributed by atoms with E-state index in [1.165, 1.54) is 32.1 Å². The summed E-state index contributed by atoms with van der Waals surface area (Å²) in [5.74, 6) is -0.659. The molecule has 0 aromatic heterocycles. The summed E-state index contributed by atoms with van der Waals surface area (Å²) < 4.78 is 0. The molecule has 1 atom stereocenters. The monoisotopic (exact) mass is 240 g/mol. The number of aliphatic carboxylic acids is 1. The van der Waals surface area contributed by atoms with Crippen LogP contribution >= 0.6 is 0 Å². The highest BCUT2D eigenvalue weighted by molar-refractivity contribution is 5.67. The Hall–Kier alpha value is -0.610. The van der Waals surface area contributed by atoms with Gasteiger partial charge in [0, 0.05) is 25.2 Å². The van der Waals surface area contributed by atoms with E-state index in [-0.39, 0.29) is 6.04 Å². The Kier molecular flexibility index (Phi) is 4.40. The molecule has 1 saturated heterocycles. The molecular formula is C13H24N2O2. The highest BCUT2D eigenvalue weighted by Crippen LogP contribution is 2.27. The topological polar surface area (TPSA) is 43.8 Å². The highest BCUT2D eigenvalue weighted by Gasteiger charge is 2.31. The van der Waals surface area contributed by atoms with Crippen molar-refractivity contribution in [1.82, 2.24) is 9.80 Å². The van der Waals surface area contributed by atoms with Gasteiger partial charge in [-0.05, 0) is 32.9 Å². The molecule has 1 heterocycles. The van der Waals surface area contributed by atoms with E-state index in [0.717, 1.165) is 19.6 Å². The maximum absolute atomic E-state index is 11.0. The van der Waals surface area contributed by atoms with Gasteiger partial charge < -0.3 is 10.0 Å². The second-order valence-corrected chi connectivity index (χ2v) is 5.54. The maximum atomic E-state index is 11.0. The molecule has 2 aliphatic rings. The third-order valence-electron chi connectivity index (χ3n) is 4.15. The summed E-state index contributed by atoms with van der Waals surface area (Å²) in [4.78, 5) is 15.8. The first-order chi connectivity index (χ1) is 8.16. The summed E-state index contributed by atoms with van der Waals surface area (Å²) in [5.41, 5.74) is 0. The van der Waals surface area contributed by atoms with Gasteiger partial charge in [0.15, 0.2) is 0 Å². The molecule has 0 aromatic carbocycles. The van der Waals surface area contributed by atoms with E-state index in [2.05, 4.69) is 16.8 Å². The first-order valence-electron chi connectivity index (χ1n) is 6.83. The lowest BCUT2D eigenvalue weighted by Crippen LogP contribution is -2.46. The summed E-state index contributed by atoms with van der Waals surface area (Å²) in [5, 5.41) is 9.06. The molecule has 1 saturated carbocycles. The molecule has 0 amide bonds. The van der Waals surface area contributed by atoms with Crippen molar-refractivity contribution in [1.29, 1.82) is 0 Å². The number of carbonyl (C=O) groups is 1. The van der Waals surface area contributed by atoms with Crippen LogP contribution in [0.3, 0.4) is 0 Å². The number of hydrogen-bond acceptors (Lipinski definition) is 3. The van der Waals surface area contributed by atoms with Crippen molar-refractivity contribution in [2.45, 2.75) is 50.6 Å². The van der Waals surface area contributed by atoms with Crippen LogP contribution in [0.2, 0.25) is 0 Å². The van der Waals surface area contributed by atoms with Crippen molar-refractivity contribution in [3.8, 4) is 0 Å². The van der Waals surface area contributed by atoms with Crippen molar-refractivity contribution in [2.24, 2.45) is 0 Å². The summed E-state index contributed by atoms with van der Waals surface area (Å²) in [6, 6.07) is 0.856. The minimum atomic E-state index is -0.659. The van der Waals surface area contributed by atoms with Crippen LogP contribution in [0.1, 0.15) is 38.5 Å². The van der Waals surface area contributed by atoms with E-state index in [1.807, 2.05) is 0 Å². The predicted octanol–water partition coefficient (Wildman–Crippen LogP) is 1.41. The van der Waals surface area contributed by atoms with Gasteiger partial charge in [-0.2, -0.15) is 0 Å². The van der Waals surface area contributed by atoms with Crippen LogP contribution in [0.15, 0.2) is 0 Å². The van der Waals surface area contributed by atoms with E-state index < -0.39 is 5.97 Å². The lowest BCUT2D eigenvalue weighted by molar-refractivity contribution is -0.138. The Morgan fingerprint density at radius 1 is 1.24 bits per heavy atom. The van der Waals surface area contributed by atoms with Crippen molar-refractivity contribution in [3.05, 3.63) is 0 Å². The maximum Gasteiger partial charge on any atom is 0.304 e. The average Bonchev–Trinajstić information content (AvgIpc) is 2.70. The smallest absolute Gasteiger partial charge is 0.304 e. The number of rotatable bonds is 3. The zero-order valence-electron chi connectivity index (χ0n) is 10.8. The first kappa shape index (κ1) is 12.8. The highest BCUT2D eigenvalue weighted by atomic mass is 16.4. The third-order valence-corrected chi connectivity index (χ3v) is 4.15. The van der Waals surface area contributed by atoms with Gasteiger partial charge in [0.2, 0.25) is 0 Å².